The van der Waals surface area contributed by atoms with Gasteiger partial charge in [-0.3, -0.25) is 0 Å². The predicted octanol–water partition coefficient (Wildman–Crippen LogP) is 1.57. The number of hydrogen-bond acceptors (Lipinski definition) is 4. The third-order valence-electron chi connectivity index (χ3n) is 4.28. The van der Waals surface area contributed by atoms with Gasteiger partial charge in [-0.25, -0.2) is 8.42 Å². The van der Waals surface area contributed by atoms with Crippen LogP contribution in [0.5, 0.6) is 0 Å². The summed E-state index contributed by atoms with van der Waals surface area (Å²) in [5, 5.41) is -0.418. The van der Waals surface area contributed by atoms with E-state index < -0.39 is 20.5 Å². The predicted molar refractivity (Wildman–Crippen MR) is 80.4 cm³/mol. The molecule has 0 spiro atoms. The zero-order valence-electron chi connectivity index (χ0n) is 12.1. The minimum absolute atomic E-state index is 0.0507. The summed E-state index contributed by atoms with van der Waals surface area (Å²) in [6.07, 6.45) is 0. The summed E-state index contributed by atoms with van der Waals surface area (Å²) in [6, 6.07) is 9.76. The van der Waals surface area contributed by atoms with Crippen molar-refractivity contribution in [2.45, 2.75) is 25.0 Å². The van der Waals surface area contributed by atoms with E-state index in [1.807, 2.05) is 37.3 Å². The van der Waals surface area contributed by atoms with Gasteiger partial charge in [-0.05, 0) is 12.5 Å². The second-order valence-electron chi connectivity index (χ2n) is 5.33. The summed E-state index contributed by atoms with van der Waals surface area (Å²) in [6.45, 7) is 4.91. The van der Waals surface area contributed by atoms with Gasteiger partial charge < -0.3 is 10.5 Å². The van der Waals surface area contributed by atoms with Crippen LogP contribution in [0.1, 0.15) is 25.3 Å². The lowest BCUT2D eigenvalue weighted by Crippen LogP contribution is -2.29. The molecule has 0 saturated heterocycles. The van der Waals surface area contributed by atoms with E-state index >= 15 is 0 Å². The standard InChI is InChI=1S/C15H23NO3S/c1-3-19-11-15(10-16)13(12-8-6-5-7-9-12)14(15)20(17,18)4-2/h5-9,13-14H,3-4,10-11,16H2,1-2H3/t13-,14+,15-/m1/s1. The molecule has 112 valence electrons. The maximum absolute atomic E-state index is 12.4. The summed E-state index contributed by atoms with van der Waals surface area (Å²) in [5.41, 5.74) is 6.51. The summed E-state index contributed by atoms with van der Waals surface area (Å²) in [5.74, 6) is 0.0970. The fourth-order valence-corrected chi connectivity index (χ4v) is 5.28. The lowest BCUT2D eigenvalue weighted by atomic mass is 10.0. The second kappa shape index (κ2) is 5.84. The average molecular weight is 297 g/mol. The number of benzene rings is 1. The second-order valence-corrected chi connectivity index (χ2v) is 7.75. The minimum atomic E-state index is -3.13. The Labute approximate surface area is 121 Å². The molecule has 0 unspecified atom stereocenters. The van der Waals surface area contributed by atoms with Gasteiger partial charge in [0.2, 0.25) is 0 Å². The van der Waals surface area contributed by atoms with Gasteiger partial charge in [-0.15, -0.1) is 0 Å². The molecule has 0 bridgehead atoms. The Hall–Kier alpha value is -0.910. The van der Waals surface area contributed by atoms with Crippen LogP contribution in [-0.2, 0) is 14.6 Å². The quantitative estimate of drug-likeness (QED) is 0.829. The van der Waals surface area contributed by atoms with Crippen LogP contribution in [0.25, 0.3) is 0 Å². The molecule has 0 radical (unpaired) electrons. The van der Waals surface area contributed by atoms with Crippen molar-refractivity contribution in [2.75, 3.05) is 25.5 Å². The van der Waals surface area contributed by atoms with Gasteiger partial charge in [-0.1, -0.05) is 37.3 Å². The van der Waals surface area contributed by atoms with Crippen molar-refractivity contribution in [1.82, 2.24) is 0 Å². The van der Waals surface area contributed by atoms with Crippen molar-refractivity contribution in [3.63, 3.8) is 0 Å². The smallest absolute Gasteiger partial charge is 0.154 e. The summed E-state index contributed by atoms with van der Waals surface area (Å²) in [7, 11) is -3.13. The van der Waals surface area contributed by atoms with Crippen molar-refractivity contribution in [3.8, 4) is 0 Å². The molecule has 0 heterocycles. The maximum atomic E-state index is 12.4. The van der Waals surface area contributed by atoms with Gasteiger partial charge in [0.15, 0.2) is 9.84 Å². The molecule has 1 aliphatic carbocycles. The Morgan fingerprint density at radius 3 is 2.40 bits per heavy atom. The highest BCUT2D eigenvalue weighted by Crippen LogP contribution is 2.62. The lowest BCUT2D eigenvalue weighted by molar-refractivity contribution is 0.101. The molecule has 1 fully saturated rings. The van der Waals surface area contributed by atoms with E-state index in [1.54, 1.807) is 6.92 Å². The molecule has 0 amide bonds. The van der Waals surface area contributed by atoms with Gasteiger partial charge in [0.05, 0.1) is 11.9 Å². The van der Waals surface area contributed by atoms with Crippen LogP contribution >= 0.6 is 0 Å². The van der Waals surface area contributed by atoms with Crippen LogP contribution < -0.4 is 5.73 Å². The van der Waals surface area contributed by atoms with Crippen molar-refractivity contribution in [1.29, 1.82) is 0 Å². The van der Waals surface area contributed by atoms with E-state index in [0.29, 0.717) is 19.8 Å². The van der Waals surface area contributed by atoms with Crippen molar-refractivity contribution < 1.29 is 13.2 Å². The Morgan fingerprint density at radius 1 is 1.25 bits per heavy atom. The molecule has 0 aromatic heterocycles. The molecular weight excluding hydrogens is 274 g/mol. The molecule has 1 saturated carbocycles. The fraction of sp³-hybridized carbons (Fsp3) is 0.600. The fourth-order valence-electron chi connectivity index (χ4n) is 3.13. The highest BCUT2D eigenvalue weighted by Gasteiger charge is 2.69. The number of sulfone groups is 1. The topological polar surface area (TPSA) is 69.4 Å². The molecule has 2 N–H and O–H groups in total. The first-order valence-electron chi connectivity index (χ1n) is 7.07. The van der Waals surface area contributed by atoms with Crippen molar-refractivity contribution in [2.24, 2.45) is 11.1 Å². The lowest BCUT2D eigenvalue weighted by Gasteiger charge is -2.15. The SMILES string of the molecule is CCOC[C@]1(CN)[C@H](c2ccccc2)[C@@H]1S(=O)(=O)CC. The average Bonchev–Trinajstić information content (AvgIpc) is 3.16. The summed E-state index contributed by atoms with van der Waals surface area (Å²) >= 11 is 0. The molecule has 20 heavy (non-hydrogen) atoms. The molecule has 5 heteroatoms. The van der Waals surface area contributed by atoms with Gasteiger partial charge >= 0.3 is 0 Å². The molecule has 2 rings (SSSR count). The first-order valence-corrected chi connectivity index (χ1v) is 8.79. The first kappa shape index (κ1) is 15.5. The Morgan fingerprint density at radius 2 is 1.90 bits per heavy atom. The number of hydrogen-bond donors (Lipinski definition) is 1. The van der Waals surface area contributed by atoms with E-state index in [1.165, 1.54) is 0 Å². The van der Waals surface area contributed by atoms with Gasteiger partial charge in [0, 0.05) is 30.2 Å². The zero-order chi connectivity index (χ0) is 14.8. The van der Waals surface area contributed by atoms with Crippen molar-refractivity contribution >= 4 is 9.84 Å². The van der Waals surface area contributed by atoms with Gasteiger partial charge in [-0.2, -0.15) is 0 Å². The third kappa shape index (κ3) is 2.50. The first-order chi connectivity index (χ1) is 9.53. The molecule has 1 aromatic rings. The van der Waals surface area contributed by atoms with Crippen LogP contribution in [0.3, 0.4) is 0 Å². The molecule has 1 aliphatic rings. The minimum Gasteiger partial charge on any atom is -0.381 e. The number of nitrogens with two attached hydrogens (primary N) is 1. The highest BCUT2D eigenvalue weighted by molar-refractivity contribution is 7.92. The van der Waals surface area contributed by atoms with Crippen LogP contribution in [0.2, 0.25) is 0 Å². The Balaban J connectivity index is 2.37. The summed E-state index contributed by atoms with van der Waals surface area (Å²) < 4.78 is 30.3. The largest absolute Gasteiger partial charge is 0.381 e. The molecule has 3 atom stereocenters. The maximum Gasteiger partial charge on any atom is 0.154 e. The van der Waals surface area contributed by atoms with E-state index in [-0.39, 0.29) is 11.7 Å². The molecule has 1 aromatic carbocycles. The van der Waals surface area contributed by atoms with Crippen molar-refractivity contribution in [3.05, 3.63) is 35.9 Å². The molecule has 4 nitrogen and oxygen atoms in total. The number of rotatable bonds is 7. The normalized spacial score (nSPS) is 29.4. The van der Waals surface area contributed by atoms with E-state index in [9.17, 15) is 8.42 Å². The highest BCUT2D eigenvalue weighted by atomic mass is 32.2. The van der Waals surface area contributed by atoms with Gasteiger partial charge in [0.1, 0.15) is 0 Å². The Bertz CT molecular complexity index is 543. The van der Waals surface area contributed by atoms with Crippen LogP contribution in [-0.4, -0.2) is 39.2 Å². The van der Waals surface area contributed by atoms with E-state index in [2.05, 4.69) is 0 Å². The van der Waals surface area contributed by atoms with Gasteiger partial charge in [0.25, 0.3) is 0 Å². The molecule has 0 aliphatic heterocycles. The van der Waals surface area contributed by atoms with Crippen LogP contribution in [0.4, 0.5) is 0 Å². The van der Waals surface area contributed by atoms with Crippen LogP contribution in [0, 0.1) is 5.41 Å². The Kier molecular flexibility index (Phi) is 4.52. The van der Waals surface area contributed by atoms with E-state index in [4.69, 9.17) is 10.5 Å². The molecular formula is C15H23NO3S. The summed E-state index contributed by atoms with van der Waals surface area (Å²) in [4.78, 5) is 0. The monoisotopic (exact) mass is 297 g/mol. The third-order valence-corrected chi connectivity index (χ3v) is 6.60. The zero-order valence-corrected chi connectivity index (χ0v) is 12.9. The van der Waals surface area contributed by atoms with E-state index in [0.717, 1.165) is 5.56 Å². The van der Waals surface area contributed by atoms with Crippen LogP contribution in [0.15, 0.2) is 30.3 Å². The number of ether oxygens (including phenoxy) is 1.